The van der Waals surface area contributed by atoms with Gasteiger partial charge < -0.3 is 10.4 Å². The number of rotatable bonds is 3. The maximum Gasteiger partial charge on any atom is 0.338 e. The molecule has 2 rings (SSSR count). The van der Waals surface area contributed by atoms with E-state index in [-0.39, 0.29) is 11.0 Å². The Kier molecular flexibility index (Phi) is 4.75. The zero-order valence-corrected chi connectivity index (χ0v) is 14.4. The highest BCUT2D eigenvalue weighted by Gasteiger charge is 2.23. The quantitative estimate of drug-likeness (QED) is 0.762. The van der Waals surface area contributed by atoms with Crippen LogP contribution in [0.1, 0.15) is 41.6 Å². The van der Waals surface area contributed by atoms with Crippen molar-refractivity contribution in [1.82, 2.24) is 0 Å². The topological polar surface area (TPSA) is 78.4 Å². The molecule has 1 heterocycles. The van der Waals surface area contributed by atoms with Gasteiger partial charge in [0.2, 0.25) is 0 Å². The van der Waals surface area contributed by atoms with Crippen LogP contribution >= 0.6 is 11.3 Å². The summed E-state index contributed by atoms with van der Waals surface area (Å²) in [6, 6.07) is 8.53. The zero-order valence-electron chi connectivity index (χ0n) is 13.6. The number of nitrogens with one attached hydrogen (secondary N) is 2. The number of aryl methyl sites for hydroxylation is 1. The van der Waals surface area contributed by atoms with E-state index in [4.69, 9.17) is 0 Å². The molecular formula is C17H20N2O3S. The summed E-state index contributed by atoms with van der Waals surface area (Å²) in [6.07, 6.45) is 0. The SMILES string of the molecule is Cc1ccc(NC(=O)Nc2sc(C(C)(C)C)cc2C(=O)O)cc1. The van der Waals surface area contributed by atoms with Crippen LogP contribution in [0.2, 0.25) is 0 Å². The highest BCUT2D eigenvalue weighted by atomic mass is 32.1. The van der Waals surface area contributed by atoms with Crippen LogP contribution in [0.5, 0.6) is 0 Å². The molecule has 6 heteroatoms. The first-order valence-electron chi connectivity index (χ1n) is 7.19. The summed E-state index contributed by atoms with van der Waals surface area (Å²) in [4.78, 5) is 24.4. The van der Waals surface area contributed by atoms with Crippen molar-refractivity contribution < 1.29 is 14.7 Å². The van der Waals surface area contributed by atoms with E-state index in [0.717, 1.165) is 10.4 Å². The molecule has 0 aliphatic carbocycles. The molecule has 0 unspecified atom stereocenters. The van der Waals surface area contributed by atoms with Crippen molar-refractivity contribution in [3.63, 3.8) is 0 Å². The molecule has 1 aromatic heterocycles. The summed E-state index contributed by atoms with van der Waals surface area (Å²) in [5.74, 6) is -1.05. The van der Waals surface area contributed by atoms with E-state index in [0.29, 0.717) is 10.7 Å². The highest BCUT2D eigenvalue weighted by Crippen LogP contribution is 2.36. The fourth-order valence-electron chi connectivity index (χ4n) is 1.91. The number of thiophene rings is 1. The summed E-state index contributed by atoms with van der Waals surface area (Å²) in [5, 5.41) is 15.0. The van der Waals surface area contributed by atoms with E-state index in [1.807, 2.05) is 39.8 Å². The Labute approximate surface area is 139 Å². The molecule has 23 heavy (non-hydrogen) atoms. The summed E-state index contributed by atoms with van der Waals surface area (Å²) >= 11 is 1.28. The van der Waals surface area contributed by atoms with Crippen molar-refractivity contribution in [3.8, 4) is 0 Å². The standard InChI is InChI=1S/C17H20N2O3S/c1-10-5-7-11(8-6-10)18-16(22)19-14-12(15(20)21)9-13(23-14)17(2,3)4/h5-9H,1-4H3,(H,20,21)(H2,18,19,22). The second-order valence-corrected chi connectivity index (χ2v) is 7.41. The molecule has 0 fully saturated rings. The monoisotopic (exact) mass is 332 g/mol. The fourth-order valence-corrected chi connectivity index (χ4v) is 3.02. The lowest BCUT2D eigenvalue weighted by atomic mass is 9.94. The van der Waals surface area contributed by atoms with Crippen LogP contribution in [-0.4, -0.2) is 17.1 Å². The maximum atomic E-state index is 12.1. The first kappa shape index (κ1) is 17.0. The molecule has 0 atom stereocenters. The lowest BCUT2D eigenvalue weighted by Gasteiger charge is -2.15. The Morgan fingerprint density at radius 2 is 1.70 bits per heavy atom. The predicted molar refractivity (Wildman–Crippen MR) is 93.8 cm³/mol. The summed E-state index contributed by atoms with van der Waals surface area (Å²) in [7, 11) is 0. The number of hydrogen-bond donors (Lipinski definition) is 3. The molecular weight excluding hydrogens is 312 g/mol. The van der Waals surface area contributed by atoms with Crippen molar-refractivity contribution >= 4 is 34.0 Å². The number of aromatic carboxylic acids is 1. The zero-order chi connectivity index (χ0) is 17.2. The van der Waals surface area contributed by atoms with Crippen molar-refractivity contribution in [3.05, 3.63) is 46.3 Å². The molecule has 5 nitrogen and oxygen atoms in total. The van der Waals surface area contributed by atoms with Gasteiger partial charge in [0.1, 0.15) is 5.00 Å². The molecule has 0 saturated heterocycles. The van der Waals surface area contributed by atoms with Crippen LogP contribution in [-0.2, 0) is 5.41 Å². The number of hydrogen-bond acceptors (Lipinski definition) is 3. The number of anilines is 2. The van der Waals surface area contributed by atoms with Gasteiger partial charge >= 0.3 is 12.0 Å². The van der Waals surface area contributed by atoms with Gasteiger partial charge in [-0.2, -0.15) is 0 Å². The normalized spacial score (nSPS) is 11.1. The van der Waals surface area contributed by atoms with Crippen molar-refractivity contribution in [1.29, 1.82) is 0 Å². The van der Waals surface area contributed by atoms with Crippen molar-refractivity contribution in [2.24, 2.45) is 0 Å². The molecule has 1 aromatic carbocycles. The molecule has 0 saturated carbocycles. The van der Waals surface area contributed by atoms with Gasteiger partial charge in [-0.1, -0.05) is 38.5 Å². The third-order valence-corrected chi connectivity index (χ3v) is 4.71. The Morgan fingerprint density at radius 1 is 1.09 bits per heavy atom. The average molecular weight is 332 g/mol. The average Bonchev–Trinajstić information content (AvgIpc) is 2.85. The van der Waals surface area contributed by atoms with Crippen molar-refractivity contribution in [2.75, 3.05) is 10.6 Å². The molecule has 2 aromatic rings. The smallest absolute Gasteiger partial charge is 0.338 e. The first-order valence-corrected chi connectivity index (χ1v) is 8.01. The lowest BCUT2D eigenvalue weighted by Crippen LogP contribution is -2.19. The van der Waals surface area contributed by atoms with E-state index in [1.54, 1.807) is 18.2 Å². The van der Waals surface area contributed by atoms with Crippen LogP contribution in [0, 0.1) is 6.92 Å². The maximum absolute atomic E-state index is 12.1. The van der Waals surface area contributed by atoms with Gasteiger partial charge in [0.25, 0.3) is 0 Å². The van der Waals surface area contributed by atoms with E-state index >= 15 is 0 Å². The van der Waals surface area contributed by atoms with Crippen LogP contribution in [0.3, 0.4) is 0 Å². The Balaban J connectivity index is 2.18. The van der Waals surface area contributed by atoms with Gasteiger partial charge in [0.05, 0.1) is 5.56 Å². The molecule has 0 aliphatic rings. The third kappa shape index (κ3) is 4.32. The minimum Gasteiger partial charge on any atom is -0.478 e. The Bertz CT molecular complexity index is 727. The number of urea groups is 1. The number of carboxylic acid groups (broad SMARTS) is 1. The minimum atomic E-state index is -1.05. The Morgan fingerprint density at radius 3 is 2.22 bits per heavy atom. The van der Waals surface area contributed by atoms with Crippen LogP contribution in [0.15, 0.2) is 30.3 Å². The first-order chi connectivity index (χ1) is 10.7. The Hall–Kier alpha value is -2.34. The van der Waals surface area contributed by atoms with Crippen LogP contribution in [0.25, 0.3) is 0 Å². The van der Waals surface area contributed by atoms with Gasteiger partial charge in [-0.3, -0.25) is 5.32 Å². The largest absolute Gasteiger partial charge is 0.478 e. The number of carbonyl (C=O) groups is 2. The predicted octanol–water partition coefficient (Wildman–Crippen LogP) is 4.70. The third-order valence-electron chi connectivity index (χ3n) is 3.24. The van der Waals surface area contributed by atoms with Crippen LogP contribution in [0.4, 0.5) is 15.5 Å². The lowest BCUT2D eigenvalue weighted by molar-refractivity contribution is 0.0698. The van der Waals surface area contributed by atoms with E-state index in [2.05, 4.69) is 10.6 Å². The number of carboxylic acids is 1. The van der Waals surface area contributed by atoms with E-state index < -0.39 is 12.0 Å². The second-order valence-electron chi connectivity index (χ2n) is 6.35. The van der Waals surface area contributed by atoms with Gasteiger partial charge in [0.15, 0.2) is 0 Å². The van der Waals surface area contributed by atoms with E-state index in [1.165, 1.54) is 11.3 Å². The van der Waals surface area contributed by atoms with E-state index in [9.17, 15) is 14.7 Å². The van der Waals surface area contributed by atoms with Gasteiger partial charge in [-0.05, 0) is 30.5 Å². The van der Waals surface area contributed by atoms with Gasteiger partial charge in [-0.25, -0.2) is 9.59 Å². The van der Waals surface area contributed by atoms with Crippen LogP contribution < -0.4 is 10.6 Å². The molecule has 122 valence electrons. The molecule has 0 spiro atoms. The minimum absolute atomic E-state index is 0.110. The van der Waals surface area contributed by atoms with Gasteiger partial charge in [0, 0.05) is 10.6 Å². The summed E-state index contributed by atoms with van der Waals surface area (Å²) < 4.78 is 0. The molecule has 0 bridgehead atoms. The van der Waals surface area contributed by atoms with Crippen molar-refractivity contribution in [2.45, 2.75) is 33.1 Å². The number of amides is 2. The second kappa shape index (κ2) is 6.42. The molecule has 2 amide bonds. The van der Waals surface area contributed by atoms with Gasteiger partial charge in [-0.15, -0.1) is 11.3 Å². The fraction of sp³-hybridized carbons (Fsp3) is 0.294. The molecule has 3 N–H and O–H groups in total. The summed E-state index contributed by atoms with van der Waals surface area (Å²) in [5.41, 5.74) is 1.68. The molecule has 0 radical (unpaired) electrons. The number of benzene rings is 1. The molecule has 0 aliphatic heterocycles. The summed E-state index contributed by atoms with van der Waals surface area (Å²) in [6.45, 7) is 7.96. The highest BCUT2D eigenvalue weighted by molar-refractivity contribution is 7.16. The number of carbonyl (C=O) groups excluding carboxylic acids is 1.